The van der Waals surface area contributed by atoms with Gasteiger partial charge < -0.3 is 19.5 Å². The number of benzene rings is 1. The first kappa shape index (κ1) is 8.37. The van der Waals surface area contributed by atoms with Crippen LogP contribution < -0.4 is 9.47 Å². The summed E-state index contributed by atoms with van der Waals surface area (Å²) >= 11 is 0. The van der Waals surface area contributed by atoms with Crippen molar-refractivity contribution < 1.29 is 22.8 Å². The molecule has 4 heteroatoms. The highest BCUT2D eigenvalue weighted by molar-refractivity contribution is 5.62. The van der Waals surface area contributed by atoms with Crippen molar-refractivity contribution in [2.45, 2.75) is 36.4 Å². The number of ether oxygens (including phenoxy) is 2. The van der Waals surface area contributed by atoms with Crippen LogP contribution in [0.25, 0.3) is 0 Å². The molecule has 2 unspecified atom stereocenters. The van der Waals surface area contributed by atoms with Crippen LogP contribution in [0.3, 0.4) is 0 Å². The van der Waals surface area contributed by atoms with Gasteiger partial charge in [0.2, 0.25) is 0 Å². The third-order valence-corrected chi connectivity index (χ3v) is 5.59. The van der Waals surface area contributed by atoms with Crippen molar-refractivity contribution in [1.29, 1.82) is 0 Å². The molecule has 4 nitrogen and oxygen atoms in total. The SMILES string of the molecule is [2H]C1(O)C=C[C@H]2[C@@H]3N(C([2H])([2H])[2H])CC[C@@]24c2c(ccc(OC)c2OC14)C3([2H])[2H]. The zero-order valence-corrected chi connectivity index (χ0v) is 12.2. The van der Waals surface area contributed by atoms with Crippen LogP contribution in [0.5, 0.6) is 11.5 Å². The van der Waals surface area contributed by atoms with E-state index in [0.717, 1.165) is 0 Å². The van der Waals surface area contributed by atoms with Crippen LogP contribution in [0.1, 0.15) is 25.8 Å². The summed E-state index contributed by atoms with van der Waals surface area (Å²) in [5.41, 5.74) is 0.0954. The molecule has 2 aliphatic carbocycles. The lowest BCUT2D eigenvalue weighted by Gasteiger charge is -2.56. The molecule has 0 amide bonds. The van der Waals surface area contributed by atoms with Gasteiger partial charge in [0, 0.05) is 29.8 Å². The minimum Gasteiger partial charge on any atom is -0.493 e. The van der Waals surface area contributed by atoms with Crippen LogP contribution in [-0.4, -0.2) is 48.9 Å². The average molecular weight is 305 g/mol. The van der Waals surface area contributed by atoms with Crippen LogP contribution in [0.4, 0.5) is 0 Å². The van der Waals surface area contributed by atoms with E-state index >= 15 is 0 Å². The second kappa shape index (κ2) is 4.06. The lowest BCUT2D eigenvalue weighted by molar-refractivity contribution is -0.0453. The number of hydrogen-bond donors (Lipinski definition) is 1. The molecule has 116 valence electrons. The molecule has 2 heterocycles. The van der Waals surface area contributed by atoms with Crippen LogP contribution in [0.2, 0.25) is 0 Å². The molecule has 5 rings (SSSR count). The van der Waals surface area contributed by atoms with E-state index in [1.165, 1.54) is 18.1 Å². The summed E-state index contributed by atoms with van der Waals surface area (Å²) in [5, 5.41) is 10.8. The maximum Gasteiger partial charge on any atom is 0.165 e. The summed E-state index contributed by atoms with van der Waals surface area (Å²) in [6, 6.07) is 2.27. The first-order valence-corrected chi connectivity index (χ1v) is 7.53. The van der Waals surface area contributed by atoms with Gasteiger partial charge in [-0.25, -0.2) is 0 Å². The Labute approximate surface area is 138 Å². The lowest BCUT2D eigenvalue weighted by atomic mass is 9.53. The van der Waals surface area contributed by atoms with Gasteiger partial charge >= 0.3 is 0 Å². The number of nitrogens with zero attached hydrogens (tertiary/aromatic N) is 1. The molecule has 1 aromatic rings. The average Bonchev–Trinajstić information content (AvgIpc) is 2.95. The lowest BCUT2D eigenvalue weighted by Crippen LogP contribution is -2.64. The zero-order chi connectivity index (χ0) is 20.3. The highest BCUT2D eigenvalue weighted by Gasteiger charge is 2.64. The second-order valence-electron chi connectivity index (χ2n) is 6.40. The van der Waals surface area contributed by atoms with Gasteiger partial charge in [0.05, 0.1) is 8.48 Å². The van der Waals surface area contributed by atoms with Crippen molar-refractivity contribution in [3.05, 3.63) is 35.4 Å². The monoisotopic (exact) mass is 305 g/mol. The standard InChI is InChI=1S/C18H21NO3/c1-19-8-7-18-11-4-5-13(20)17(18)22-16-14(21-2)6-3-10(15(16)18)9-12(11)19/h3-6,11-13,17,20H,7-9H2,1-2H3/t11-,12+,13?,17?,18-/m0/s1/i1D3,9D2,13D. The maximum atomic E-state index is 10.8. The van der Waals surface area contributed by atoms with Crippen molar-refractivity contribution in [3.8, 4) is 11.5 Å². The Bertz CT molecular complexity index is 898. The molecule has 1 fully saturated rings. The molecule has 22 heavy (non-hydrogen) atoms. The van der Waals surface area contributed by atoms with E-state index in [4.69, 9.17) is 17.7 Å². The minimum atomic E-state index is -2.45. The molecule has 2 aliphatic heterocycles. The Morgan fingerprint density at radius 1 is 1.55 bits per heavy atom. The van der Waals surface area contributed by atoms with Crippen LogP contribution in [0, 0.1) is 5.92 Å². The van der Waals surface area contributed by atoms with Crippen molar-refractivity contribution in [3.63, 3.8) is 0 Å². The van der Waals surface area contributed by atoms with Gasteiger partial charge in [-0.2, -0.15) is 0 Å². The highest BCUT2D eigenvalue weighted by Crippen LogP contribution is 2.62. The molecule has 0 radical (unpaired) electrons. The quantitative estimate of drug-likeness (QED) is 0.799. The molecular weight excluding hydrogens is 278 g/mol. The molecule has 1 aromatic carbocycles. The van der Waals surface area contributed by atoms with Crippen molar-refractivity contribution >= 4 is 0 Å². The third kappa shape index (κ3) is 1.28. The van der Waals surface area contributed by atoms with Crippen LogP contribution >= 0.6 is 0 Å². The number of piperidine rings is 1. The topological polar surface area (TPSA) is 41.9 Å². The normalized spacial score (nSPS) is 51.3. The fraction of sp³-hybridized carbons (Fsp3) is 0.556. The van der Waals surface area contributed by atoms with Gasteiger partial charge in [0.15, 0.2) is 11.5 Å². The van der Waals surface area contributed by atoms with Crippen LogP contribution in [-0.2, 0) is 11.8 Å². The number of hydrogen-bond acceptors (Lipinski definition) is 4. The molecule has 4 aliphatic rings. The van der Waals surface area contributed by atoms with E-state index in [1.54, 1.807) is 18.2 Å². The van der Waals surface area contributed by atoms with Gasteiger partial charge in [-0.1, -0.05) is 18.2 Å². The van der Waals surface area contributed by atoms with Crippen molar-refractivity contribution in [2.24, 2.45) is 5.92 Å². The predicted molar refractivity (Wildman–Crippen MR) is 82.5 cm³/mol. The summed E-state index contributed by atoms with van der Waals surface area (Å²) in [6.07, 6.45) is -1.67. The van der Waals surface area contributed by atoms with Crippen LogP contribution in [0.15, 0.2) is 24.3 Å². The van der Waals surface area contributed by atoms with E-state index < -0.39 is 42.9 Å². The summed E-state index contributed by atoms with van der Waals surface area (Å²) in [4.78, 5) is 1.25. The predicted octanol–water partition coefficient (Wildman–Crippen LogP) is 1.50. The second-order valence-corrected chi connectivity index (χ2v) is 6.40. The summed E-state index contributed by atoms with van der Waals surface area (Å²) in [6.45, 7) is -2.33. The first-order chi connectivity index (χ1) is 13.0. The van der Waals surface area contributed by atoms with Crippen molar-refractivity contribution in [2.75, 3.05) is 20.6 Å². The Morgan fingerprint density at radius 3 is 3.27 bits per heavy atom. The Morgan fingerprint density at radius 2 is 2.45 bits per heavy atom. The van der Waals surface area contributed by atoms with E-state index in [2.05, 4.69) is 0 Å². The number of likely N-dealkylation sites (tertiary alicyclic amines) is 1. The Kier molecular flexibility index (Phi) is 1.54. The zero-order valence-electron chi connectivity index (χ0n) is 18.2. The smallest absolute Gasteiger partial charge is 0.165 e. The van der Waals surface area contributed by atoms with E-state index in [9.17, 15) is 5.11 Å². The maximum absolute atomic E-state index is 10.8. The van der Waals surface area contributed by atoms with Gasteiger partial charge in [-0.3, -0.25) is 0 Å². The van der Waals surface area contributed by atoms with E-state index in [-0.39, 0.29) is 6.54 Å². The Hall–Kier alpha value is -1.52. The molecule has 2 bridgehead atoms. The first-order valence-electron chi connectivity index (χ1n) is 10.5. The fourth-order valence-corrected chi connectivity index (χ4v) is 4.68. The number of aliphatic hydroxyl groups is 1. The molecule has 0 aromatic heterocycles. The Balaban J connectivity index is 1.86. The third-order valence-electron chi connectivity index (χ3n) is 5.59. The molecular formula is C18H21NO3. The molecule has 0 saturated carbocycles. The highest BCUT2D eigenvalue weighted by atomic mass is 16.5. The summed E-state index contributed by atoms with van der Waals surface area (Å²) in [7, 11) is 1.49. The summed E-state index contributed by atoms with van der Waals surface area (Å²) in [5.74, 6) is 0.228. The molecule has 5 atom stereocenters. The van der Waals surface area contributed by atoms with Gasteiger partial charge in [-0.15, -0.1) is 0 Å². The molecule has 1 saturated heterocycles. The van der Waals surface area contributed by atoms with Gasteiger partial charge in [0.25, 0.3) is 0 Å². The molecule has 1 N–H and O–H groups in total. The van der Waals surface area contributed by atoms with E-state index in [1.807, 2.05) is 0 Å². The number of likely N-dealkylation sites (N-methyl/N-ethyl adjacent to an activating group) is 1. The van der Waals surface area contributed by atoms with E-state index in [0.29, 0.717) is 29.0 Å². The summed E-state index contributed by atoms with van der Waals surface area (Å²) < 4.78 is 61.6. The fourth-order valence-electron chi connectivity index (χ4n) is 4.68. The number of rotatable bonds is 1. The minimum absolute atomic E-state index is 0.122. The van der Waals surface area contributed by atoms with Crippen molar-refractivity contribution in [1.82, 2.24) is 4.90 Å². The number of methoxy groups -OCH3 is 1. The van der Waals surface area contributed by atoms with Gasteiger partial charge in [0.1, 0.15) is 12.2 Å². The van der Waals surface area contributed by atoms with Gasteiger partial charge in [-0.05, 0) is 37.9 Å². The largest absolute Gasteiger partial charge is 0.493 e. The molecule has 1 spiro atoms.